The Balaban J connectivity index is 1.74. The average molecular weight is 387 g/mol. The van der Waals surface area contributed by atoms with Crippen LogP contribution in [0.4, 0.5) is 11.5 Å². The lowest BCUT2D eigenvalue weighted by molar-refractivity contribution is 0.102. The van der Waals surface area contributed by atoms with Gasteiger partial charge in [0.15, 0.2) is 0 Å². The molecule has 0 fully saturated rings. The summed E-state index contributed by atoms with van der Waals surface area (Å²) < 4.78 is 0. The van der Waals surface area contributed by atoms with E-state index in [1.165, 1.54) is 0 Å². The molecular formula is C19H16Cl2N4O. The van der Waals surface area contributed by atoms with Gasteiger partial charge in [-0.2, -0.15) is 0 Å². The van der Waals surface area contributed by atoms with Crippen LogP contribution in [0.15, 0.2) is 54.6 Å². The molecule has 0 unspecified atom stereocenters. The number of nitrogens with one attached hydrogen (secondary N) is 2. The summed E-state index contributed by atoms with van der Waals surface area (Å²) in [6, 6.07) is 16.4. The van der Waals surface area contributed by atoms with Crippen molar-refractivity contribution in [1.29, 1.82) is 0 Å². The highest BCUT2D eigenvalue weighted by atomic mass is 35.5. The van der Waals surface area contributed by atoms with Gasteiger partial charge in [0.05, 0.1) is 0 Å². The molecule has 26 heavy (non-hydrogen) atoms. The van der Waals surface area contributed by atoms with Gasteiger partial charge in [0, 0.05) is 28.3 Å². The fourth-order valence-corrected chi connectivity index (χ4v) is 2.91. The summed E-state index contributed by atoms with van der Waals surface area (Å²) in [6.45, 7) is 2.34. The molecule has 0 aliphatic rings. The summed E-state index contributed by atoms with van der Waals surface area (Å²) in [5.74, 6) is 0.713. The predicted molar refractivity (Wildman–Crippen MR) is 105 cm³/mol. The van der Waals surface area contributed by atoms with Crippen LogP contribution in [-0.2, 0) is 6.54 Å². The van der Waals surface area contributed by atoms with Crippen LogP contribution in [0.2, 0.25) is 10.0 Å². The van der Waals surface area contributed by atoms with Crippen molar-refractivity contribution in [2.45, 2.75) is 13.5 Å². The molecule has 1 aromatic heterocycles. The van der Waals surface area contributed by atoms with Crippen molar-refractivity contribution in [3.63, 3.8) is 0 Å². The van der Waals surface area contributed by atoms with Gasteiger partial charge in [0.2, 0.25) is 0 Å². The summed E-state index contributed by atoms with van der Waals surface area (Å²) in [5, 5.41) is 6.83. The minimum Gasteiger partial charge on any atom is -0.366 e. The van der Waals surface area contributed by atoms with E-state index in [2.05, 4.69) is 20.6 Å². The van der Waals surface area contributed by atoms with Crippen LogP contribution in [-0.4, -0.2) is 15.9 Å². The first-order valence-corrected chi connectivity index (χ1v) is 8.66. The molecule has 0 radical (unpaired) electrons. The lowest BCUT2D eigenvalue weighted by Gasteiger charge is -2.10. The van der Waals surface area contributed by atoms with E-state index in [9.17, 15) is 4.79 Å². The van der Waals surface area contributed by atoms with E-state index in [1.54, 1.807) is 31.2 Å². The number of benzene rings is 2. The molecule has 7 heteroatoms. The maximum atomic E-state index is 12.5. The molecule has 0 aliphatic carbocycles. The second kappa shape index (κ2) is 8.17. The molecule has 1 amide bonds. The molecule has 132 valence electrons. The number of anilines is 2. The number of halogens is 2. The smallest absolute Gasteiger partial charge is 0.274 e. The van der Waals surface area contributed by atoms with Crippen LogP contribution >= 0.6 is 23.2 Å². The molecule has 0 bridgehead atoms. The number of aromatic nitrogens is 2. The number of carbonyl (C=O) groups excluding carboxylic acids is 1. The quantitative estimate of drug-likeness (QED) is 0.650. The number of amides is 1. The van der Waals surface area contributed by atoms with E-state index in [1.807, 2.05) is 30.3 Å². The molecule has 2 N–H and O–H groups in total. The monoisotopic (exact) mass is 386 g/mol. The van der Waals surface area contributed by atoms with Crippen molar-refractivity contribution in [1.82, 2.24) is 9.97 Å². The Labute approximate surface area is 161 Å². The van der Waals surface area contributed by atoms with Crippen molar-refractivity contribution in [3.8, 4) is 0 Å². The Hall–Kier alpha value is -2.63. The highest BCUT2D eigenvalue weighted by Crippen LogP contribution is 2.23. The first-order valence-electron chi connectivity index (χ1n) is 7.90. The van der Waals surface area contributed by atoms with E-state index in [0.717, 1.165) is 5.56 Å². The second-order valence-electron chi connectivity index (χ2n) is 5.64. The molecule has 3 rings (SSSR count). The maximum absolute atomic E-state index is 12.5. The van der Waals surface area contributed by atoms with E-state index in [-0.39, 0.29) is 11.6 Å². The van der Waals surface area contributed by atoms with Crippen molar-refractivity contribution in [2.24, 2.45) is 0 Å². The lowest BCUT2D eigenvalue weighted by atomic mass is 10.2. The van der Waals surface area contributed by atoms with Crippen LogP contribution in [0.5, 0.6) is 0 Å². The zero-order valence-electron chi connectivity index (χ0n) is 14.0. The molecule has 0 aliphatic heterocycles. The summed E-state index contributed by atoms with van der Waals surface area (Å²) in [6.07, 6.45) is 0. The Morgan fingerprint density at radius 3 is 2.38 bits per heavy atom. The van der Waals surface area contributed by atoms with Gasteiger partial charge in [0.25, 0.3) is 5.91 Å². The Kier molecular flexibility index (Phi) is 5.71. The molecule has 2 aromatic carbocycles. The summed E-state index contributed by atoms with van der Waals surface area (Å²) >= 11 is 11.9. The van der Waals surface area contributed by atoms with Gasteiger partial charge in [-0.15, -0.1) is 0 Å². The fraction of sp³-hybridized carbons (Fsp3) is 0.105. The molecule has 3 aromatic rings. The first-order chi connectivity index (χ1) is 12.5. The number of rotatable bonds is 5. The van der Waals surface area contributed by atoms with Crippen molar-refractivity contribution in [3.05, 3.63) is 81.7 Å². The van der Waals surface area contributed by atoms with Gasteiger partial charge in [-0.1, -0.05) is 53.5 Å². The van der Waals surface area contributed by atoms with Gasteiger partial charge in [0.1, 0.15) is 17.3 Å². The fourth-order valence-electron chi connectivity index (χ4n) is 2.38. The zero-order chi connectivity index (χ0) is 18.5. The highest BCUT2D eigenvalue weighted by molar-refractivity contribution is 6.35. The van der Waals surface area contributed by atoms with Crippen molar-refractivity contribution >= 4 is 40.6 Å². The van der Waals surface area contributed by atoms with Crippen molar-refractivity contribution in [2.75, 3.05) is 10.6 Å². The maximum Gasteiger partial charge on any atom is 0.274 e. The number of aryl methyl sites for hydroxylation is 1. The van der Waals surface area contributed by atoms with Gasteiger partial charge in [-0.25, -0.2) is 9.97 Å². The van der Waals surface area contributed by atoms with E-state index in [4.69, 9.17) is 23.2 Å². The van der Waals surface area contributed by atoms with Gasteiger partial charge in [-0.05, 0) is 30.7 Å². The minimum absolute atomic E-state index is 0.254. The third-order valence-corrected chi connectivity index (χ3v) is 3.94. The summed E-state index contributed by atoms with van der Waals surface area (Å²) in [7, 11) is 0. The third-order valence-electron chi connectivity index (χ3n) is 3.51. The predicted octanol–water partition coefficient (Wildman–Crippen LogP) is 4.96. The van der Waals surface area contributed by atoms with Crippen molar-refractivity contribution < 1.29 is 4.79 Å². The van der Waals surface area contributed by atoms with E-state index < -0.39 is 0 Å². The molecule has 0 spiro atoms. The number of nitrogens with zero attached hydrogens (tertiary/aromatic N) is 2. The van der Waals surface area contributed by atoms with Gasteiger partial charge >= 0.3 is 0 Å². The Bertz CT molecular complexity index is 912. The standard InChI is InChI=1S/C19H16Cl2N4O/c1-12-23-17(19(26)25-16-8-14(20)7-15(21)9-16)10-18(24-12)22-11-13-5-3-2-4-6-13/h2-10H,11H2,1H3,(H,25,26)(H,22,23,24). The number of hydrogen-bond donors (Lipinski definition) is 2. The molecule has 5 nitrogen and oxygen atoms in total. The van der Waals surface area contributed by atoms with Gasteiger partial charge in [-0.3, -0.25) is 4.79 Å². The summed E-state index contributed by atoms with van der Waals surface area (Å²) in [4.78, 5) is 21.0. The van der Waals surface area contributed by atoms with Crippen LogP contribution in [0.3, 0.4) is 0 Å². The largest absolute Gasteiger partial charge is 0.366 e. The van der Waals surface area contributed by atoms with Crippen LogP contribution < -0.4 is 10.6 Å². The molecule has 0 atom stereocenters. The second-order valence-corrected chi connectivity index (χ2v) is 6.51. The number of hydrogen-bond acceptors (Lipinski definition) is 4. The van der Waals surface area contributed by atoms with Crippen LogP contribution in [0, 0.1) is 6.92 Å². The van der Waals surface area contributed by atoms with E-state index >= 15 is 0 Å². The minimum atomic E-state index is -0.364. The van der Waals surface area contributed by atoms with Crippen LogP contribution in [0.1, 0.15) is 21.9 Å². The Morgan fingerprint density at radius 1 is 1.00 bits per heavy atom. The molecular weight excluding hydrogens is 371 g/mol. The van der Waals surface area contributed by atoms with Gasteiger partial charge < -0.3 is 10.6 Å². The highest BCUT2D eigenvalue weighted by Gasteiger charge is 2.12. The third kappa shape index (κ3) is 4.94. The molecule has 0 saturated heterocycles. The normalized spacial score (nSPS) is 10.4. The average Bonchev–Trinajstić information content (AvgIpc) is 2.59. The lowest BCUT2D eigenvalue weighted by Crippen LogP contribution is -2.16. The topological polar surface area (TPSA) is 66.9 Å². The SMILES string of the molecule is Cc1nc(NCc2ccccc2)cc(C(=O)Nc2cc(Cl)cc(Cl)c2)n1. The Morgan fingerprint density at radius 2 is 1.69 bits per heavy atom. The zero-order valence-corrected chi connectivity index (χ0v) is 15.5. The molecule has 1 heterocycles. The van der Waals surface area contributed by atoms with Crippen LogP contribution in [0.25, 0.3) is 0 Å². The summed E-state index contributed by atoms with van der Waals surface area (Å²) in [5.41, 5.74) is 1.87. The number of carbonyl (C=O) groups is 1. The first kappa shape index (κ1) is 18.2. The van der Waals surface area contributed by atoms with E-state index in [0.29, 0.717) is 33.9 Å². The molecule has 0 saturated carbocycles.